The monoisotopic (exact) mass is 1450 g/mol. The second kappa shape index (κ2) is 32.4. The van der Waals surface area contributed by atoms with E-state index in [1.54, 1.807) is 12.3 Å². The molecule has 0 bridgehead atoms. The highest BCUT2D eigenvalue weighted by molar-refractivity contribution is 7.87. The first-order chi connectivity index (χ1) is 46.8. The van der Waals surface area contributed by atoms with E-state index < -0.39 is 213 Å². The van der Waals surface area contributed by atoms with E-state index in [9.17, 15) is 103 Å². The Hall–Kier alpha value is -7.58. The molecule has 0 radical (unpaired) electrons. The second-order valence-electron chi connectivity index (χ2n) is 24.6. The first-order valence-electron chi connectivity index (χ1n) is 31.5. The molecular formula is C60H76N8O28S3. The van der Waals surface area contributed by atoms with Gasteiger partial charge in [-0.15, -0.1) is 5.10 Å². The molecule has 2 saturated carbocycles. The first-order valence-corrected chi connectivity index (χ1v) is 35.8. The number of aromatic nitrogens is 5. The quantitative estimate of drug-likeness (QED) is 0.0168. The Balaban J connectivity index is 0.924. The Labute approximate surface area is 563 Å². The van der Waals surface area contributed by atoms with Crippen molar-refractivity contribution >= 4 is 76.5 Å². The van der Waals surface area contributed by atoms with Crippen LogP contribution >= 0.6 is 0 Å². The fraction of sp³-hybridized carbons (Fsp3) is 0.550. The molecule has 2 saturated heterocycles. The van der Waals surface area contributed by atoms with Gasteiger partial charge in [0.05, 0.1) is 46.7 Å². The largest absolute Gasteiger partial charge is 0.479 e. The Morgan fingerprint density at radius 1 is 0.768 bits per heavy atom. The van der Waals surface area contributed by atoms with Gasteiger partial charge >= 0.3 is 17.6 Å². The van der Waals surface area contributed by atoms with Crippen LogP contribution in [0.25, 0.3) is 10.8 Å². The van der Waals surface area contributed by atoms with Gasteiger partial charge < -0.3 is 80.0 Å². The summed E-state index contributed by atoms with van der Waals surface area (Å²) >= 11 is 0. The summed E-state index contributed by atoms with van der Waals surface area (Å²) in [5.74, 6) is -6.30. The van der Waals surface area contributed by atoms with Crippen molar-refractivity contribution in [2.75, 3.05) is 18.5 Å². The maximum absolute atomic E-state index is 14.6. The Kier molecular flexibility index (Phi) is 24.7. The molecule has 3 amide bonds. The molecule has 2 aromatic heterocycles. The number of amides is 3. The maximum atomic E-state index is 14.6. The molecule has 2 aliphatic carbocycles. The van der Waals surface area contributed by atoms with Gasteiger partial charge in [0.15, 0.2) is 24.8 Å². The molecule has 39 heteroatoms. The summed E-state index contributed by atoms with van der Waals surface area (Å²) in [6, 6.07) is 9.24. The summed E-state index contributed by atoms with van der Waals surface area (Å²) in [6.45, 7) is 0.576. The zero-order valence-electron chi connectivity index (χ0n) is 52.8. The predicted molar refractivity (Wildman–Crippen MR) is 336 cm³/mol. The number of esters is 1. The number of carbonyl (C=O) groups excluding carboxylic acids is 4. The number of aliphatic hydroxyl groups is 5. The van der Waals surface area contributed by atoms with Gasteiger partial charge in [0.2, 0.25) is 11.8 Å². The van der Waals surface area contributed by atoms with Gasteiger partial charge in [-0.25, -0.2) is 14.4 Å². The number of rotatable bonds is 28. The molecule has 36 nitrogen and oxygen atoms in total. The number of H-pyrrole nitrogens is 2. The molecule has 0 spiro atoms. The van der Waals surface area contributed by atoms with Crippen LogP contribution in [0, 0.1) is 11.8 Å². The van der Waals surface area contributed by atoms with Crippen LogP contribution in [0.15, 0.2) is 91.1 Å². The zero-order valence-corrected chi connectivity index (χ0v) is 55.2. The number of ether oxygens (including phenoxy) is 6. The van der Waals surface area contributed by atoms with Gasteiger partial charge in [-0.3, -0.25) is 42.5 Å². The van der Waals surface area contributed by atoms with Crippen LogP contribution in [0.4, 0.5) is 5.69 Å². The van der Waals surface area contributed by atoms with Crippen LogP contribution < -0.4 is 27.2 Å². The molecule has 3 aromatic carbocycles. The van der Waals surface area contributed by atoms with Crippen LogP contribution in [0.5, 0.6) is 0 Å². The molecule has 4 aliphatic rings. The minimum atomic E-state index is -5.38. The number of fused-ring (bicyclic) bond motifs is 1. The number of unbranched alkanes of at least 4 members (excludes halogenated alkanes) is 1. The number of aromatic amines is 2. The van der Waals surface area contributed by atoms with E-state index in [0.717, 1.165) is 37.5 Å². The molecule has 99 heavy (non-hydrogen) atoms. The summed E-state index contributed by atoms with van der Waals surface area (Å²) in [7, 11) is -15.8. The standard InChI is InChI=1S/C60H76N8O28S3/c1-29-47(72)49(74)50(75)58(91-29)96-51-37(63-55(77)38-26-45(71)65-60(81)64-38)22-32(23-39(51)93-59-53(95-57(80)31-13-6-3-7-14-31)52(48(73)41(28-69)94-59)92-40(56(78)79)21-30-11-4-2-5-12-30)54(76)61-19-10-15-33-27-68(67-66-33)20-9-8-16-44(70)62-36-17-18-42(98(85,86)87)35-24-34(97(82,83)84)25-43(46(35)36)99(88,89)90/h3,6-7,13-14,17-18,24-27,29-30,32,37,39-41,47-53,58-59,69,72-75H,2,4-5,8-12,15-16,19-23,28H2,1H3,(H,61,76)(H,62,70)(H,63,77)(H,78,79)(H,82,83,84)(H,85,86,87)(H,88,89,90)(H2,64,65,71,81)/t29?,32?,37?,39?,40-,41?,47?,48?,49?,50?,51?,52?,53?,58?,59?/m0/s1. The number of aliphatic hydroxyl groups excluding tert-OH is 5. The molecule has 2 aliphatic heterocycles. The summed E-state index contributed by atoms with van der Waals surface area (Å²) in [6.07, 6.45) is -17.3. The SMILES string of the molecule is CC1OC(OC2C(NC(=O)c3cc(=O)[nH]c(=O)[nH]3)CC(C(=O)NCCCc3cn(CCCCC(=O)Nc4ccc(S(=O)(=O)O)c5cc(S(=O)(=O)O)cc(S(=O)(=O)O)c45)nn3)CC2OC2OC(CO)C(O)C(O[C@@H](CC3CCCCC3)C(=O)O)C2OC(=O)c2ccccc2)C(O)C(O)C1O. The van der Waals surface area contributed by atoms with Crippen molar-refractivity contribution in [1.29, 1.82) is 0 Å². The Morgan fingerprint density at radius 3 is 2.15 bits per heavy atom. The topological polar surface area (TPSA) is 558 Å². The number of hydrogen-bond acceptors (Lipinski definition) is 26. The van der Waals surface area contributed by atoms with E-state index in [4.69, 9.17) is 28.4 Å². The second-order valence-corrected chi connectivity index (χ2v) is 28.8. The number of carboxylic acid groups (broad SMARTS) is 1. The smallest absolute Gasteiger partial charge is 0.338 e. The number of carboxylic acids is 1. The highest BCUT2D eigenvalue weighted by Gasteiger charge is 2.55. The fourth-order valence-electron chi connectivity index (χ4n) is 12.5. The number of aryl methyl sites for hydroxylation is 2. The van der Waals surface area contributed by atoms with E-state index in [1.807, 2.05) is 4.98 Å². The average Bonchev–Trinajstić information content (AvgIpc) is 0.919. The van der Waals surface area contributed by atoms with Crippen molar-refractivity contribution in [3.05, 3.63) is 105 Å². The summed E-state index contributed by atoms with van der Waals surface area (Å²) in [5.41, 5.74) is -2.60. The van der Waals surface area contributed by atoms with E-state index in [1.165, 1.54) is 35.9 Å². The predicted octanol–water partition coefficient (Wildman–Crippen LogP) is -0.675. The molecule has 542 valence electrons. The van der Waals surface area contributed by atoms with Gasteiger partial charge in [0.25, 0.3) is 41.8 Å². The molecule has 5 aromatic rings. The molecule has 14 unspecified atom stereocenters. The molecule has 4 heterocycles. The van der Waals surface area contributed by atoms with Gasteiger partial charge in [-0.1, -0.05) is 55.5 Å². The third-order valence-corrected chi connectivity index (χ3v) is 20.1. The van der Waals surface area contributed by atoms with Gasteiger partial charge in [-0.2, -0.15) is 25.3 Å². The summed E-state index contributed by atoms with van der Waals surface area (Å²) < 4.78 is 142. The van der Waals surface area contributed by atoms with Crippen molar-refractivity contribution in [2.24, 2.45) is 11.8 Å². The lowest BCUT2D eigenvalue weighted by molar-refractivity contribution is -0.347. The Morgan fingerprint density at radius 2 is 1.48 bits per heavy atom. The number of benzene rings is 3. The Bertz CT molecular complexity index is 4180. The van der Waals surface area contributed by atoms with Crippen molar-refractivity contribution in [3.63, 3.8) is 0 Å². The van der Waals surface area contributed by atoms with Crippen LogP contribution in [0.1, 0.15) is 111 Å². The number of anilines is 1. The van der Waals surface area contributed by atoms with Gasteiger partial charge in [-0.05, 0) is 94.2 Å². The number of nitrogens with one attached hydrogen (secondary N) is 5. The van der Waals surface area contributed by atoms with Crippen LogP contribution in [0.3, 0.4) is 0 Å². The molecule has 9 rings (SSSR count). The third kappa shape index (κ3) is 19.1. The van der Waals surface area contributed by atoms with Crippen molar-refractivity contribution < 1.29 is 122 Å². The first kappa shape index (κ1) is 75.6. The number of hydrogen-bond donors (Lipinski definition) is 14. The summed E-state index contributed by atoms with van der Waals surface area (Å²) in [4.78, 5) is 94.8. The van der Waals surface area contributed by atoms with E-state index in [2.05, 4.69) is 31.2 Å². The summed E-state index contributed by atoms with van der Waals surface area (Å²) in [5, 5.41) is 80.8. The maximum Gasteiger partial charge on any atom is 0.338 e. The van der Waals surface area contributed by atoms with Gasteiger partial charge in [0, 0.05) is 48.5 Å². The highest BCUT2D eigenvalue weighted by atomic mass is 32.2. The van der Waals surface area contributed by atoms with Crippen molar-refractivity contribution in [1.82, 2.24) is 35.6 Å². The molecular weight excluding hydrogens is 1380 g/mol. The lowest BCUT2D eigenvalue weighted by Gasteiger charge is -2.48. The number of nitrogens with zero attached hydrogens (tertiary/aromatic N) is 3. The van der Waals surface area contributed by atoms with Crippen LogP contribution in [0.2, 0.25) is 0 Å². The van der Waals surface area contributed by atoms with E-state index in [-0.39, 0.29) is 63.1 Å². The highest BCUT2D eigenvalue weighted by Crippen LogP contribution is 2.40. The lowest BCUT2D eigenvalue weighted by Crippen LogP contribution is -2.65. The molecule has 4 fully saturated rings. The van der Waals surface area contributed by atoms with Crippen LogP contribution in [-0.4, -0.2) is 223 Å². The molecule has 14 N–H and O–H groups in total. The zero-order chi connectivity index (χ0) is 71.8. The van der Waals surface area contributed by atoms with Crippen molar-refractivity contribution in [3.8, 4) is 0 Å². The number of aliphatic carboxylic acids is 1. The molecule has 15 atom stereocenters. The minimum Gasteiger partial charge on any atom is -0.479 e. The number of carbonyl (C=O) groups is 5. The average molecular weight is 1450 g/mol. The van der Waals surface area contributed by atoms with Gasteiger partial charge in [0.1, 0.15) is 58.2 Å². The van der Waals surface area contributed by atoms with Crippen LogP contribution in [-0.2, 0) is 86.1 Å². The van der Waals surface area contributed by atoms with E-state index in [0.29, 0.717) is 37.1 Å². The van der Waals surface area contributed by atoms with E-state index >= 15 is 0 Å². The third-order valence-electron chi connectivity index (χ3n) is 17.5. The lowest BCUT2D eigenvalue weighted by atomic mass is 9.80. The fourth-order valence-corrected chi connectivity index (χ4v) is 14.6. The van der Waals surface area contributed by atoms with Crippen molar-refractivity contribution in [2.45, 2.75) is 197 Å². The minimum absolute atomic E-state index is 0.0176. The normalized spacial score (nSPS) is 26.6.